The fourth-order valence-corrected chi connectivity index (χ4v) is 4.39. The molecule has 0 radical (unpaired) electrons. The van der Waals surface area contributed by atoms with Gasteiger partial charge in [-0.3, -0.25) is 9.59 Å². The highest BCUT2D eigenvalue weighted by atomic mass is 16.1. The number of carbonyl (C=O) groups excluding carboxylic acids is 2. The molecule has 1 fully saturated rings. The second-order valence-electron chi connectivity index (χ2n) is 8.09. The summed E-state index contributed by atoms with van der Waals surface area (Å²) in [5, 5.41) is 3.36. The molecule has 2 aliphatic rings. The zero-order valence-electron chi connectivity index (χ0n) is 17.4. The maximum atomic E-state index is 13.5. The van der Waals surface area contributed by atoms with Crippen LogP contribution < -0.4 is 16.0 Å². The van der Waals surface area contributed by atoms with Gasteiger partial charge in [-0.2, -0.15) is 0 Å². The predicted molar refractivity (Wildman–Crippen MR) is 124 cm³/mol. The third-order valence-corrected chi connectivity index (χ3v) is 6.11. The Hall–Kier alpha value is -3.64. The Bertz CT molecular complexity index is 1180. The van der Waals surface area contributed by atoms with Crippen molar-refractivity contribution in [3.63, 3.8) is 0 Å². The van der Waals surface area contributed by atoms with Gasteiger partial charge < -0.3 is 20.9 Å². The molecule has 3 aromatic rings. The normalized spacial score (nSPS) is 16.1. The molecule has 0 amide bonds. The van der Waals surface area contributed by atoms with Crippen molar-refractivity contribution in [2.24, 2.45) is 0 Å². The van der Waals surface area contributed by atoms with Crippen LogP contribution in [-0.4, -0.2) is 49.7 Å². The molecule has 0 bridgehead atoms. The number of likely N-dealkylation sites (N-methyl/N-ethyl adjacent to an activating group) is 1. The van der Waals surface area contributed by atoms with Gasteiger partial charge in [-0.05, 0) is 25.2 Å². The van der Waals surface area contributed by atoms with E-state index in [1.807, 2.05) is 36.4 Å². The van der Waals surface area contributed by atoms with Crippen molar-refractivity contribution in [3.8, 4) is 0 Å². The first-order chi connectivity index (χ1) is 15.0. The van der Waals surface area contributed by atoms with E-state index < -0.39 is 0 Å². The van der Waals surface area contributed by atoms with E-state index in [2.05, 4.69) is 22.2 Å². The molecule has 6 nitrogen and oxygen atoms in total. The van der Waals surface area contributed by atoms with Gasteiger partial charge in [0, 0.05) is 43.0 Å². The number of hydrogen-bond donors (Lipinski definition) is 2. The molecule has 0 unspecified atom stereocenters. The average molecular weight is 412 g/mol. The molecule has 156 valence electrons. The number of hydrogen-bond acceptors (Lipinski definition) is 6. The molecule has 3 N–H and O–H groups in total. The number of carbonyl (C=O) groups is 2. The molecule has 5 rings (SSSR count). The van der Waals surface area contributed by atoms with Gasteiger partial charge in [-0.25, -0.2) is 0 Å². The Balaban J connectivity index is 1.70. The Morgan fingerprint density at radius 3 is 2.03 bits per heavy atom. The van der Waals surface area contributed by atoms with E-state index in [1.165, 1.54) is 0 Å². The van der Waals surface area contributed by atoms with Crippen LogP contribution in [0.3, 0.4) is 0 Å². The predicted octanol–water partition coefficient (Wildman–Crippen LogP) is 3.54. The lowest BCUT2D eigenvalue weighted by Gasteiger charge is -2.36. The number of nitrogens with one attached hydrogen (secondary N) is 1. The monoisotopic (exact) mass is 412 g/mol. The molecule has 0 atom stereocenters. The molecule has 1 heterocycles. The van der Waals surface area contributed by atoms with Crippen molar-refractivity contribution in [1.29, 1.82) is 0 Å². The van der Waals surface area contributed by atoms with Crippen LogP contribution in [0.1, 0.15) is 31.8 Å². The lowest BCUT2D eigenvalue weighted by molar-refractivity contribution is 0.0980. The molecular weight excluding hydrogens is 388 g/mol. The zero-order chi connectivity index (χ0) is 21.5. The highest BCUT2D eigenvalue weighted by molar-refractivity contribution is 6.32. The van der Waals surface area contributed by atoms with Gasteiger partial charge in [0.25, 0.3) is 0 Å². The van der Waals surface area contributed by atoms with Gasteiger partial charge in [0.05, 0.1) is 28.2 Å². The first-order valence-corrected chi connectivity index (χ1v) is 10.4. The van der Waals surface area contributed by atoms with Crippen LogP contribution in [0.5, 0.6) is 0 Å². The van der Waals surface area contributed by atoms with Crippen LogP contribution in [0.25, 0.3) is 0 Å². The van der Waals surface area contributed by atoms with Gasteiger partial charge >= 0.3 is 0 Å². The largest absolute Gasteiger partial charge is 0.396 e. The molecule has 0 saturated carbocycles. The summed E-state index contributed by atoms with van der Waals surface area (Å²) in [6, 6.07) is 18.5. The maximum absolute atomic E-state index is 13.5. The molecule has 1 aliphatic carbocycles. The van der Waals surface area contributed by atoms with Crippen molar-refractivity contribution < 1.29 is 9.59 Å². The maximum Gasteiger partial charge on any atom is 0.196 e. The van der Waals surface area contributed by atoms with E-state index in [9.17, 15) is 9.59 Å². The van der Waals surface area contributed by atoms with E-state index in [0.717, 1.165) is 37.6 Å². The highest BCUT2D eigenvalue weighted by Crippen LogP contribution is 2.42. The summed E-state index contributed by atoms with van der Waals surface area (Å²) in [6.45, 7) is 3.44. The third kappa shape index (κ3) is 3.25. The number of ketones is 2. The highest BCUT2D eigenvalue weighted by Gasteiger charge is 2.35. The van der Waals surface area contributed by atoms with Gasteiger partial charge in [-0.1, -0.05) is 42.5 Å². The van der Waals surface area contributed by atoms with Crippen molar-refractivity contribution in [2.75, 3.05) is 49.2 Å². The minimum atomic E-state index is -0.199. The van der Waals surface area contributed by atoms with Crippen LogP contribution in [0.15, 0.2) is 60.7 Å². The zero-order valence-corrected chi connectivity index (χ0v) is 17.4. The van der Waals surface area contributed by atoms with Crippen molar-refractivity contribution >= 4 is 34.3 Å². The number of nitrogen functional groups attached to an aromatic ring is 1. The number of anilines is 4. The first-order valence-electron chi connectivity index (χ1n) is 10.4. The summed E-state index contributed by atoms with van der Waals surface area (Å²) in [5.41, 5.74) is 10.7. The minimum Gasteiger partial charge on any atom is -0.396 e. The summed E-state index contributed by atoms with van der Waals surface area (Å²) in [5.74, 6) is -0.380. The molecular formula is C25H24N4O2. The minimum absolute atomic E-state index is 0.180. The number of para-hydroxylation sites is 1. The van der Waals surface area contributed by atoms with Crippen molar-refractivity contribution in [3.05, 3.63) is 82.9 Å². The summed E-state index contributed by atoms with van der Waals surface area (Å²) < 4.78 is 0. The summed E-state index contributed by atoms with van der Waals surface area (Å²) >= 11 is 0. The summed E-state index contributed by atoms with van der Waals surface area (Å²) in [4.78, 5) is 31.4. The van der Waals surface area contributed by atoms with Crippen LogP contribution >= 0.6 is 0 Å². The molecule has 1 saturated heterocycles. The number of fused-ring (bicyclic) bond motifs is 2. The standard InChI is InChI=1S/C25H24N4O2/c1-28-11-13-29(14-12-28)20-15-19(27-16-7-3-2-4-8-16)21-22(23(20)26)25(31)18-10-6-5-9-17(18)24(21)30/h2-10,15,27H,11-14,26H2,1H3. The Kier molecular flexibility index (Phi) is 4.71. The van der Waals surface area contributed by atoms with E-state index in [-0.39, 0.29) is 11.6 Å². The van der Waals surface area contributed by atoms with Crippen LogP contribution in [0.2, 0.25) is 0 Å². The lowest BCUT2D eigenvalue weighted by Crippen LogP contribution is -2.45. The number of rotatable bonds is 3. The average Bonchev–Trinajstić information content (AvgIpc) is 2.80. The van der Waals surface area contributed by atoms with Crippen LogP contribution in [-0.2, 0) is 0 Å². The molecule has 6 heteroatoms. The molecule has 0 spiro atoms. The number of piperazine rings is 1. The lowest BCUT2D eigenvalue weighted by atomic mass is 9.81. The Morgan fingerprint density at radius 2 is 1.39 bits per heavy atom. The van der Waals surface area contributed by atoms with Gasteiger partial charge in [0.15, 0.2) is 11.6 Å². The van der Waals surface area contributed by atoms with Crippen LogP contribution in [0, 0.1) is 0 Å². The molecule has 1 aliphatic heterocycles. The van der Waals surface area contributed by atoms with Gasteiger partial charge in [0.1, 0.15) is 0 Å². The van der Waals surface area contributed by atoms with E-state index in [0.29, 0.717) is 33.6 Å². The summed E-state index contributed by atoms with van der Waals surface area (Å²) in [6.07, 6.45) is 0. The van der Waals surface area contributed by atoms with Crippen molar-refractivity contribution in [2.45, 2.75) is 0 Å². The number of benzene rings is 3. The molecule has 0 aromatic heterocycles. The van der Waals surface area contributed by atoms with Crippen LogP contribution in [0.4, 0.5) is 22.7 Å². The fourth-order valence-electron chi connectivity index (χ4n) is 4.39. The second-order valence-corrected chi connectivity index (χ2v) is 8.09. The fraction of sp³-hybridized carbons (Fsp3) is 0.200. The van der Waals surface area contributed by atoms with E-state index in [1.54, 1.807) is 24.3 Å². The number of nitrogens with zero attached hydrogens (tertiary/aromatic N) is 2. The Morgan fingerprint density at radius 1 is 0.806 bits per heavy atom. The summed E-state index contributed by atoms with van der Waals surface area (Å²) in [7, 11) is 2.09. The van der Waals surface area contributed by atoms with Gasteiger partial charge in [-0.15, -0.1) is 0 Å². The number of nitrogens with two attached hydrogens (primary N) is 1. The second kappa shape index (κ2) is 7.56. The molecule has 3 aromatic carbocycles. The first kappa shape index (κ1) is 19.3. The van der Waals surface area contributed by atoms with Gasteiger partial charge in [0.2, 0.25) is 0 Å². The quantitative estimate of drug-likeness (QED) is 0.501. The molecule has 31 heavy (non-hydrogen) atoms. The van der Waals surface area contributed by atoms with Crippen molar-refractivity contribution in [1.82, 2.24) is 4.90 Å². The Labute approximate surface area is 181 Å². The topological polar surface area (TPSA) is 78.7 Å². The smallest absolute Gasteiger partial charge is 0.196 e. The third-order valence-electron chi connectivity index (χ3n) is 6.11. The van der Waals surface area contributed by atoms with E-state index in [4.69, 9.17) is 5.73 Å². The van der Waals surface area contributed by atoms with E-state index >= 15 is 0 Å². The SMILES string of the molecule is CN1CCN(c2cc(Nc3ccccc3)c3c(c2N)C(=O)c2ccccc2C3=O)CC1.